The number of ether oxygens (including phenoxy) is 1. The number of rotatable bonds is 2. The van der Waals surface area contributed by atoms with Crippen LogP contribution in [0.1, 0.15) is 35.9 Å². The van der Waals surface area contributed by atoms with Gasteiger partial charge >= 0.3 is 5.97 Å². The molecule has 1 unspecified atom stereocenters. The van der Waals surface area contributed by atoms with E-state index in [-0.39, 0.29) is 5.56 Å². The molecule has 1 saturated heterocycles. The number of halogens is 1. The summed E-state index contributed by atoms with van der Waals surface area (Å²) in [6.07, 6.45) is 1.78. The minimum absolute atomic E-state index is 0.372. The Kier molecular flexibility index (Phi) is 2.56. The molecule has 1 fully saturated rings. The van der Waals surface area contributed by atoms with E-state index in [0.29, 0.717) is 23.5 Å². The topological polar surface area (TPSA) is 75.2 Å². The summed E-state index contributed by atoms with van der Waals surface area (Å²) in [5, 5.41) is 8.89. The van der Waals surface area contributed by atoms with Gasteiger partial charge in [-0.05, 0) is 25.8 Å². The maximum atomic E-state index is 13.6. The van der Waals surface area contributed by atoms with E-state index in [4.69, 9.17) is 9.84 Å². The molecule has 6 heteroatoms. The summed E-state index contributed by atoms with van der Waals surface area (Å²) >= 11 is 0. The Morgan fingerprint density at radius 2 is 2.37 bits per heavy atom. The summed E-state index contributed by atoms with van der Waals surface area (Å²) in [5.74, 6) is -1.46. The van der Waals surface area contributed by atoms with E-state index >= 15 is 0 Å². The molecule has 0 radical (unpaired) electrons. The second kappa shape index (κ2) is 4.03. The number of nitrogens with zero attached hydrogens (tertiary/aromatic N) is 1. The molecule has 1 aliphatic heterocycles. The van der Waals surface area contributed by atoms with Crippen LogP contribution in [-0.2, 0) is 10.3 Å². The van der Waals surface area contributed by atoms with Crippen molar-refractivity contribution in [2.75, 3.05) is 6.61 Å². The second-order valence-corrected chi connectivity index (χ2v) is 4.92. The molecule has 1 atom stereocenters. The molecule has 3 rings (SSSR count). The van der Waals surface area contributed by atoms with Crippen LogP contribution in [0.2, 0.25) is 0 Å². The molecule has 1 aromatic heterocycles. The minimum Gasteiger partial charge on any atom is -0.478 e. The number of aromatic amines is 1. The average molecular weight is 264 g/mol. The van der Waals surface area contributed by atoms with E-state index in [2.05, 4.69) is 9.97 Å². The summed E-state index contributed by atoms with van der Waals surface area (Å²) < 4.78 is 19.3. The third-order valence-corrected chi connectivity index (χ3v) is 3.52. The number of hydrogen-bond acceptors (Lipinski definition) is 3. The lowest BCUT2D eigenvalue weighted by molar-refractivity contribution is 0.0103. The number of aromatic nitrogens is 2. The number of imidazole rings is 1. The van der Waals surface area contributed by atoms with Gasteiger partial charge in [0.25, 0.3) is 0 Å². The number of carbonyl (C=O) groups is 1. The van der Waals surface area contributed by atoms with Gasteiger partial charge in [0.2, 0.25) is 0 Å². The molecule has 2 N–H and O–H groups in total. The smallest absolute Gasteiger partial charge is 0.338 e. The summed E-state index contributed by atoms with van der Waals surface area (Å²) in [6, 6.07) is 2.40. The molecule has 19 heavy (non-hydrogen) atoms. The first kappa shape index (κ1) is 12.1. The summed E-state index contributed by atoms with van der Waals surface area (Å²) in [7, 11) is 0. The zero-order valence-corrected chi connectivity index (χ0v) is 10.4. The number of carboxylic acids is 1. The largest absolute Gasteiger partial charge is 0.478 e. The fourth-order valence-corrected chi connectivity index (χ4v) is 2.41. The Hall–Kier alpha value is -1.95. The fraction of sp³-hybridized carbons (Fsp3) is 0.385. The first-order valence-electron chi connectivity index (χ1n) is 6.06. The van der Waals surface area contributed by atoms with Crippen LogP contribution >= 0.6 is 0 Å². The molecule has 0 spiro atoms. The van der Waals surface area contributed by atoms with Crippen LogP contribution in [0.3, 0.4) is 0 Å². The molecule has 5 nitrogen and oxygen atoms in total. The van der Waals surface area contributed by atoms with Crippen LogP contribution in [0.15, 0.2) is 12.1 Å². The zero-order valence-electron chi connectivity index (χ0n) is 10.4. The van der Waals surface area contributed by atoms with Gasteiger partial charge in [0.1, 0.15) is 17.2 Å². The quantitative estimate of drug-likeness (QED) is 0.873. The third-order valence-electron chi connectivity index (χ3n) is 3.52. The highest BCUT2D eigenvalue weighted by Crippen LogP contribution is 2.35. The third kappa shape index (κ3) is 1.88. The van der Waals surface area contributed by atoms with E-state index in [0.717, 1.165) is 18.9 Å². The first-order valence-corrected chi connectivity index (χ1v) is 6.06. The maximum absolute atomic E-state index is 13.6. The number of hydrogen-bond donors (Lipinski definition) is 2. The number of H-pyrrole nitrogens is 1. The van der Waals surface area contributed by atoms with Crippen LogP contribution in [-0.4, -0.2) is 27.7 Å². The van der Waals surface area contributed by atoms with Gasteiger partial charge < -0.3 is 14.8 Å². The summed E-state index contributed by atoms with van der Waals surface area (Å²) in [4.78, 5) is 18.2. The molecular weight excluding hydrogens is 251 g/mol. The predicted molar refractivity (Wildman–Crippen MR) is 65.5 cm³/mol. The Morgan fingerprint density at radius 3 is 3.00 bits per heavy atom. The molecule has 0 bridgehead atoms. The van der Waals surface area contributed by atoms with E-state index in [1.165, 1.54) is 6.07 Å². The monoisotopic (exact) mass is 264 g/mol. The average Bonchev–Trinajstić information content (AvgIpc) is 2.94. The van der Waals surface area contributed by atoms with Crippen LogP contribution in [0, 0.1) is 5.82 Å². The highest BCUT2D eigenvalue weighted by atomic mass is 19.1. The highest BCUT2D eigenvalue weighted by molar-refractivity contribution is 5.92. The number of benzene rings is 1. The molecule has 1 aromatic carbocycles. The first-order chi connectivity index (χ1) is 8.99. The van der Waals surface area contributed by atoms with Crippen molar-refractivity contribution >= 4 is 17.0 Å². The summed E-state index contributed by atoms with van der Waals surface area (Å²) in [6.45, 7) is 2.59. The van der Waals surface area contributed by atoms with Crippen molar-refractivity contribution in [1.29, 1.82) is 0 Å². The van der Waals surface area contributed by atoms with Gasteiger partial charge in [-0.1, -0.05) is 0 Å². The lowest BCUT2D eigenvalue weighted by Gasteiger charge is -2.19. The van der Waals surface area contributed by atoms with Gasteiger partial charge in [-0.15, -0.1) is 0 Å². The van der Waals surface area contributed by atoms with Crippen molar-refractivity contribution < 1.29 is 19.0 Å². The number of fused-ring (bicyclic) bond motifs is 1. The van der Waals surface area contributed by atoms with Crippen molar-refractivity contribution in [2.24, 2.45) is 0 Å². The maximum Gasteiger partial charge on any atom is 0.338 e. The van der Waals surface area contributed by atoms with E-state index in [1.807, 2.05) is 6.92 Å². The lowest BCUT2D eigenvalue weighted by atomic mass is 10.0. The van der Waals surface area contributed by atoms with Gasteiger partial charge in [-0.3, -0.25) is 0 Å². The van der Waals surface area contributed by atoms with Crippen LogP contribution in [0.5, 0.6) is 0 Å². The molecule has 0 aliphatic carbocycles. The highest BCUT2D eigenvalue weighted by Gasteiger charge is 2.35. The van der Waals surface area contributed by atoms with Crippen LogP contribution < -0.4 is 0 Å². The Labute approximate surface area is 108 Å². The molecule has 0 amide bonds. The Balaban J connectivity index is 2.13. The lowest BCUT2D eigenvalue weighted by Crippen LogP contribution is -2.21. The van der Waals surface area contributed by atoms with Gasteiger partial charge in [0, 0.05) is 12.7 Å². The van der Waals surface area contributed by atoms with Crippen molar-refractivity contribution in [3.63, 3.8) is 0 Å². The molecular formula is C13H13FN2O3. The normalized spacial score (nSPS) is 23.1. The van der Waals surface area contributed by atoms with Crippen LogP contribution in [0.4, 0.5) is 4.39 Å². The number of aromatic carboxylic acids is 1. The summed E-state index contributed by atoms with van der Waals surface area (Å²) in [5.41, 5.74) is 0.0431. The second-order valence-electron chi connectivity index (χ2n) is 4.92. The van der Waals surface area contributed by atoms with Gasteiger partial charge in [-0.2, -0.15) is 0 Å². The Bertz CT molecular complexity index is 659. The van der Waals surface area contributed by atoms with Crippen molar-refractivity contribution in [1.82, 2.24) is 9.97 Å². The van der Waals surface area contributed by atoms with Gasteiger partial charge in [0.05, 0.1) is 16.6 Å². The molecule has 2 heterocycles. The SMILES string of the molecule is CC1(c2nc3cc(C(=O)O)c(F)cc3[nH]2)CCCO1. The standard InChI is InChI=1S/C13H13FN2O3/c1-13(3-2-4-19-13)12-15-9-5-7(11(17)18)8(14)6-10(9)16-12/h5-6H,2-4H2,1H3,(H,15,16)(H,17,18). The van der Waals surface area contributed by atoms with Crippen molar-refractivity contribution in [3.05, 3.63) is 29.3 Å². The molecule has 100 valence electrons. The molecule has 1 aliphatic rings. The van der Waals surface area contributed by atoms with Crippen LogP contribution in [0.25, 0.3) is 11.0 Å². The molecule has 2 aromatic rings. The van der Waals surface area contributed by atoms with E-state index in [9.17, 15) is 9.18 Å². The van der Waals surface area contributed by atoms with E-state index in [1.54, 1.807) is 0 Å². The zero-order chi connectivity index (χ0) is 13.6. The Morgan fingerprint density at radius 1 is 1.58 bits per heavy atom. The van der Waals surface area contributed by atoms with Crippen molar-refractivity contribution in [2.45, 2.75) is 25.4 Å². The number of carboxylic acid groups (broad SMARTS) is 1. The van der Waals surface area contributed by atoms with Crippen molar-refractivity contribution in [3.8, 4) is 0 Å². The minimum atomic E-state index is -1.30. The van der Waals surface area contributed by atoms with E-state index < -0.39 is 17.4 Å². The fourth-order valence-electron chi connectivity index (χ4n) is 2.41. The predicted octanol–water partition coefficient (Wildman–Crippen LogP) is 2.43. The number of nitrogens with one attached hydrogen (secondary N) is 1. The van der Waals surface area contributed by atoms with Gasteiger partial charge in [0.15, 0.2) is 0 Å². The molecule has 0 saturated carbocycles. The van der Waals surface area contributed by atoms with Gasteiger partial charge in [-0.25, -0.2) is 14.2 Å².